The molecule has 0 saturated carbocycles. The fourth-order valence-electron chi connectivity index (χ4n) is 2.33. The van der Waals surface area contributed by atoms with Gasteiger partial charge in [0.05, 0.1) is 18.8 Å². The van der Waals surface area contributed by atoms with E-state index >= 15 is 0 Å². The van der Waals surface area contributed by atoms with Crippen molar-refractivity contribution in [2.45, 2.75) is 45.5 Å². The van der Waals surface area contributed by atoms with Crippen LogP contribution in [0.15, 0.2) is 6.07 Å². The molecule has 2 rings (SSSR count). The van der Waals surface area contributed by atoms with E-state index in [-0.39, 0.29) is 19.1 Å². The Labute approximate surface area is 127 Å². The fourth-order valence-corrected chi connectivity index (χ4v) is 2.33. The Morgan fingerprint density at radius 2 is 2.18 bits per heavy atom. The van der Waals surface area contributed by atoms with Crippen molar-refractivity contribution in [3.8, 4) is 0 Å². The average Bonchev–Trinajstić information content (AvgIpc) is 2.90. The number of morpholine rings is 1. The number of halogens is 3. The van der Waals surface area contributed by atoms with Crippen molar-refractivity contribution < 1.29 is 22.7 Å². The Hall–Kier alpha value is -1.57. The third kappa shape index (κ3) is 3.43. The SMILES string of the molecule is CCn1nc(C(C)C)cc1C(=O)N1CCO[C@H](C(F)(F)F)C1. The molecule has 2 heterocycles. The third-order valence-electron chi connectivity index (χ3n) is 3.63. The molecular weight excluding hydrogens is 299 g/mol. The highest BCUT2D eigenvalue weighted by Gasteiger charge is 2.44. The molecule has 1 aliphatic rings. The van der Waals surface area contributed by atoms with E-state index in [2.05, 4.69) is 5.10 Å². The Bertz CT molecular complexity index is 540. The number of alkyl halides is 3. The van der Waals surface area contributed by atoms with Crippen LogP contribution in [0.5, 0.6) is 0 Å². The molecule has 0 aliphatic carbocycles. The normalized spacial score (nSPS) is 19.8. The van der Waals surface area contributed by atoms with Gasteiger partial charge in [-0.3, -0.25) is 9.48 Å². The molecule has 0 N–H and O–H groups in total. The summed E-state index contributed by atoms with van der Waals surface area (Å²) in [6.07, 6.45) is -6.39. The highest BCUT2D eigenvalue weighted by molar-refractivity contribution is 5.92. The van der Waals surface area contributed by atoms with Gasteiger partial charge in [0.15, 0.2) is 6.10 Å². The van der Waals surface area contributed by atoms with Crippen LogP contribution in [0.3, 0.4) is 0 Å². The van der Waals surface area contributed by atoms with Crippen molar-refractivity contribution in [3.05, 3.63) is 17.5 Å². The van der Waals surface area contributed by atoms with Crippen molar-refractivity contribution in [2.24, 2.45) is 0 Å². The highest BCUT2D eigenvalue weighted by Crippen LogP contribution is 2.26. The number of hydrogen-bond acceptors (Lipinski definition) is 3. The van der Waals surface area contributed by atoms with E-state index in [4.69, 9.17) is 4.74 Å². The molecule has 1 atom stereocenters. The molecule has 124 valence electrons. The molecule has 1 amide bonds. The first-order valence-electron chi connectivity index (χ1n) is 7.29. The van der Waals surface area contributed by atoms with Gasteiger partial charge in [-0.2, -0.15) is 18.3 Å². The van der Waals surface area contributed by atoms with Crippen LogP contribution in [-0.2, 0) is 11.3 Å². The van der Waals surface area contributed by atoms with Crippen LogP contribution < -0.4 is 0 Å². The number of carbonyl (C=O) groups is 1. The zero-order chi connectivity index (χ0) is 16.5. The number of carbonyl (C=O) groups excluding carboxylic acids is 1. The summed E-state index contributed by atoms with van der Waals surface area (Å²) < 4.78 is 44.5. The number of aromatic nitrogens is 2. The molecule has 1 saturated heterocycles. The maximum absolute atomic E-state index is 12.8. The molecule has 22 heavy (non-hydrogen) atoms. The summed E-state index contributed by atoms with van der Waals surface area (Å²) in [4.78, 5) is 13.7. The zero-order valence-corrected chi connectivity index (χ0v) is 12.9. The highest BCUT2D eigenvalue weighted by atomic mass is 19.4. The fraction of sp³-hybridized carbons (Fsp3) is 0.714. The number of aryl methyl sites for hydroxylation is 1. The second-order valence-electron chi connectivity index (χ2n) is 5.58. The van der Waals surface area contributed by atoms with Gasteiger partial charge < -0.3 is 9.64 Å². The van der Waals surface area contributed by atoms with Crippen LogP contribution in [0, 0.1) is 0 Å². The molecule has 5 nitrogen and oxygen atoms in total. The van der Waals surface area contributed by atoms with E-state index in [1.165, 1.54) is 9.58 Å². The quantitative estimate of drug-likeness (QED) is 0.860. The minimum Gasteiger partial charge on any atom is -0.365 e. The first-order valence-corrected chi connectivity index (χ1v) is 7.29. The molecule has 0 spiro atoms. The smallest absolute Gasteiger partial charge is 0.365 e. The maximum atomic E-state index is 12.8. The van der Waals surface area contributed by atoms with Gasteiger partial charge in [-0.1, -0.05) is 13.8 Å². The summed E-state index contributed by atoms with van der Waals surface area (Å²) >= 11 is 0. The monoisotopic (exact) mass is 319 g/mol. The van der Waals surface area contributed by atoms with Crippen molar-refractivity contribution in [3.63, 3.8) is 0 Å². The van der Waals surface area contributed by atoms with Crippen LogP contribution in [0.4, 0.5) is 13.2 Å². The van der Waals surface area contributed by atoms with Crippen LogP contribution in [0.1, 0.15) is 42.9 Å². The molecule has 1 aromatic heterocycles. The van der Waals surface area contributed by atoms with E-state index in [0.29, 0.717) is 12.2 Å². The topological polar surface area (TPSA) is 47.4 Å². The summed E-state index contributed by atoms with van der Waals surface area (Å²) in [6.45, 7) is 5.78. The summed E-state index contributed by atoms with van der Waals surface area (Å²) in [5.41, 5.74) is 1.08. The average molecular weight is 319 g/mol. The van der Waals surface area contributed by atoms with E-state index in [1.807, 2.05) is 20.8 Å². The van der Waals surface area contributed by atoms with E-state index in [0.717, 1.165) is 5.69 Å². The lowest BCUT2D eigenvalue weighted by atomic mass is 10.1. The van der Waals surface area contributed by atoms with Gasteiger partial charge in [0.1, 0.15) is 5.69 Å². The number of nitrogens with zero attached hydrogens (tertiary/aromatic N) is 3. The molecule has 0 aromatic carbocycles. The first kappa shape index (κ1) is 16.8. The van der Waals surface area contributed by atoms with Gasteiger partial charge in [0, 0.05) is 13.1 Å². The zero-order valence-electron chi connectivity index (χ0n) is 12.9. The van der Waals surface area contributed by atoms with Crippen LogP contribution >= 0.6 is 0 Å². The lowest BCUT2D eigenvalue weighted by Gasteiger charge is -2.33. The number of hydrogen-bond donors (Lipinski definition) is 0. The minimum absolute atomic E-state index is 0.118. The van der Waals surface area contributed by atoms with E-state index in [1.54, 1.807) is 6.07 Å². The van der Waals surface area contributed by atoms with Gasteiger partial charge >= 0.3 is 6.18 Å². The largest absolute Gasteiger partial charge is 0.416 e. The van der Waals surface area contributed by atoms with Crippen LogP contribution in [0.2, 0.25) is 0 Å². The molecule has 0 bridgehead atoms. The van der Waals surface area contributed by atoms with E-state index < -0.39 is 24.7 Å². The second kappa shape index (κ2) is 6.28. The number of ether oxygens (including phenoxy) is 1. The Morgan fingerprint density at radius 3 is 2.73 bits per heavy atom. The summed E-state index contributed by atoms with van der Waals surface area (Å²) in [5.74, 6) is -0.286. The summed E-state index contributed by atoms with van der Waals surface area (Å²) in [5, 5.41) is 4.33. The lowest BCUT2D eigenvalue weighted by molar-refractivity contribution is -0.233. The number of amides is 1. The van der Waals surface area contributed by atoms with Crippen molar-refractivity contribution in [2.75, 3.05) is 19.7 Å². The lowest BCUT2D eigenvalue weighted by Crippen LogP contribution is -2.51. The Morgan fingerprint density at radius 1 is 1.50 bits per heavy atom. The molecule has 1 aromatic rings. The van der Waals surface area contributed by atoms with Gasteiger partial charge in [-0.15, -0.1) is 0 Å². The summed E-state index contributed by atoms with van der Waals surface area (Å²) in [7, 11) is 0. The third-order valence-corrected chi connectivity index (χ3v) is 3.63. The molecule has 8 heteroatoms. The maximum Gasteiger partial charge on any atom is 0.416 e. The number of rotatable bonds is 3. The van der Waals surface area contributed by atoms with Gasteiger partial charge in [0.25, 0.3) is 5.91 Å². The molecule has 0 radical (unpaired) electrons. The van der Waals surface area contributed by atoms with Gasteiger partial charge in [0.2, 0.25) is 0 Å². The van der Waals surface area contributed by atoms with Gasteiger partial charge in [-0.05, 0) is 18.9 Å². The predicted molar refractivity (Wildman–Crippen MR) is 73.7 cm³/mol. The first-order chi connectivity index (χ1) is 10.2. The minimum atomic E-state index is -4.47. The Balaban J connectivity index is 2.20. The predicted octanol–water partition coefficient (Wildman–Crippen LogP) is 2.43. The van der Waals surface area contributed by atoms with Gasteiger partial charge in [-0.25, -0.2) is 0 Å². The summed E-state index contributed by atoms with van der Waals surface area (Å²) in [6, 6.07) is 1.66. The van der Waals surface area contributed by atoms with Crippen LogP contribution in [-0.4, -0.2) is 52.6 Å². The molecule has 1 fully saturated rings. The van der Waals surface area contributed by atoms with Crippen molar-refractivity contribution in [1.29, 1.82) is 0 Å². The van der Waals surface area contributed by atoms with E-state index in [9.17, 15) is 18.0 Å². The molecule has 0 unspecified atom stereocenters. The van der Waals surface area contributed by atoms with Crippen molar-refractivity contribution >= 4 is 5.91 Å². The van der Waals surface area contributed by atoms with Crippen molar-refractivity contribution in [1.82, 2.24) is 14.7 Å². The Kier molecular flexibility index (Phi) is 4.79. The molecule has 1 aliphatic heterocycles. The van der Waals surface area contributed by atoms with Crippen LogP contribution in [0.25, 0.3) is 0 Å². The second-order valence-corrected chi connectivity index (χ2v) is 5.58. The standard InChI is InChI=1S/C14H20F3N3O2/c1-4-20-11(7-10(18-20)9(2)3)13(21)19-5-6-22-12(8-19)14(15,16)17/h7,9,12H,4-6,8H2,1-3H3/t12-/m0/s1. The molecular formula is C14H20F3N3O2.